The molecule has 1 amide bonds. The van der Waals surface area contributed by atoms with Gasteiger partial charge in [-0.1, -0.05) is 12.1 Å². The Bertz CT molecular complexity index is 683. The summed E-state index contributed by atoms with van der Waals surface area (Å²) in [6.45, 7) is 7.22. The summed E-state index contributed by atoms with van der Waals surface area (Å²) < 4.78 is 32.2. The Morgan fingerprint density at radius 3 is 2.50 bits per heavy atom. The van der Waals surface area contributed by atoms with Gasteiger partial charge in [-0.25, -0.2) is 17.9 Å². The Hall–Kier alpha value is -1.64. The third kappa shape index (κ3) is 4.68. The largest absolute Gasteiger partial charge is 0.453 e. The van der Waals surface area contributed by atoms with E-state index >= 15 is 0 Å². The van der Waals surface area contributed by atoms with Crippen LogP contribution in [0.2, 0.25) is 0 Å². The molecule has 1 aromatic carbocycles. The summed E-state index contributed by atoms with van der Waals surface area (Å²) in [6, 6.07) is 5.40. The van der Waals surface area contributed by atoms with E-state index in [1.807, 2.05) is 19.1 Å². The molecule has 1 heterocycles. The lowest BCUT2D eigenvalue weighted by Crippen LogP contribution is -2.50. The first-order valence-electron chi connectivity index (χ1n) is 7.95. The number of hydrogen-bond donors (Lipinski definition) is 1. The van der Waals surface area contributed by atoms with Gasteiger partial charge in [0, 0.05) is 39.3 Å². The molecule has 0 atom stereocenters. The smallest absolute Gasteiger partial charge is 0.409 e. The molecule has 0 unspecified atom stereocenters. The number of piperazine rings is 1. The van der Waals surface area contributed by atoms with Crippen LogP contribution in [0.5, 0.6) is 0 Å². The normalized spacial score (nSPS) is 16.2. The lowest BCUT2D eigenvalue weighted by molar-refractivity contribution is 0.0918. The molecule has 0 bridgehead atoms. The number of sulfonamides is 1. The van der Waals surface area contributed by atoms with Crippen molar-refractivity contribution in [2.75, 3.05) is 46.4 Å². The molecule has 134 valence electrons. The van der Waals surface area contributed by atoms with Crippen molar-refractivity contribution in [2.24, 2.45) is 0 Å². The van der Waals surface area contributed by atoms with E-state index in [9.17, 15) is 13.2 Å². The molecular weight excluding hydrogens is 330 g/mol. The highest BCUT2D eigenvalue weighted by Gasteiger charge is 2.22. The maximum absolute atomic E-state index is 12.4. The van der Waals surface area contributed by atoms with E-state index in [1.54, 1.807) is 17.9 Å². The second-order valence-electron chi connectivity index (χ2n) is 5.97. The first-order valence-corrected chi connectivity index (χ1v) is 9.44. The van der Waals surface area contributed by atoms with Gasteiger partial charge in [-0.05, 0) is 31.0 Å². The van der Waals surface area contributed by atoms with Gasteiger partial charge in [0.25, 0.3) is 0 Å². The predicted octanol–water partition coefficient (Wildman–Crippen LogP) is 0.966. The number of hydrogen-bond acceptors (Lipinski definition) is 5. The number of nitrogens with one attached hydrogen (secondary N) is 1. The zero-order valence-electron chi connectivity index (χ0n) is 14.4. The van der Waals surface area contributed by atoms with Crippen LogP contribution in [0.3, 0.4) is 0 Å². The molecule has 1 fully saturated rings. The summed E-state index contributed by atoms with van der Waals surface area (Å²) in [6.07, 6.45) is -0.315. The van der Waals surface area contributed by atoms with Crippen LogP contribution in [0.4, 0.5) is 4.79 Å². The zero-order valence-corrected chi connectivity index (χ0v) is 15.2. The molecule has 8 heteroatoms. The van der Waals surface area contributed by atoms with Gasteiger partial charge in [-0.2, -0.15) is 0 Å². The fraction of sp³-hybridized carbons (Fsp3) is 0.562. The Kier molecular flexibility index (Phi) is 6.20. The minimum atomic E-state index is -3.50. The molecule has 0 aromatic heterocycles. The van der Waals surface area contributed by atoms with Gasteiger partial charge in [0.05, 0.1) is 12.0 Å². The standard InChI is InChI=1S/C16H25N3O4S/c1-13-4-5-14(2)15(12-13)24(21,22)17-6-7-18-8-10-19(11-9-18)16(20)23-3/h4-5,12,17H,6-11H2,1-3H3. The molecule has 1 N–H and O–H groups in total. The van der Waals surface area contributed by atoms with Gasteiger partial charge in [-0.3, -0.25) is 4.90 Å². The van der Waals surface area contributed by atoms with Gasteiger partial charge in [-0.15, -0.1) is 0 Å². The topological polar surface area (TPSA) is 79.0 Å². The van der Waals surface area contributed by atoms with E-state index in [0.29, 0.717) is 44.2 Å². The summed E-state index contributed by atoms with van der Waals surface area (Å²) in [5.41, 5.74) is 1.65. The van der Waals surface area contributed by atoms with E-state index < -0.39 is 10.0 Å². The van der Waals surface area contributed by atoms with E-state index in [4.69, 9.17) is 4.74 Å². The molecule has 0 saturated carbocycles. The van der Waals surface area contributed by atoms with E-state index in [0.717, 1.165) is 11.1 Å². The molecular formula is C16H25N3O4S. The Morgan fingerprint density at radius 2 is 1.88 bits per heavy atom. The minimum absolute atomic E-state index is 0.315. The summed E-state index contributed by atoms with van der Waals surface area (Å²) >= 11 is 0. The molecule has 24 heavy (non-hydrogen) atoms. The highest BCUT2D eigenvalue weighted by molar-refractivity contribution is 7.89. The van der Waals surface area contributed by atoms with Gasteiger partial charge in [0.2, 0.25) is 10.0 Å². The molecule has 1 aromatic rings. The van der Waals surface area contributed by atoms with Crippen molar-refractivity contribution in [3.63, 3.8) is 0 Å². The van der Waals surface area contributed by atoms with Crippen LogP contribution in [-0.2, 0) is 14.8 Å². The monoisotopic (exact) mass is 355 g/mol. The number of nitrogens with zero attached hydrogens (tertiary/aromatic N) is 2. The highest BCUT2D eigenvalue weighted by atomic mass is 32.2. The van der Waals surface area contributed by atoms with Crippen LogP contribution in [0, 0.1) is 13.8 Å². The first kappa shape index (κ1) is 18.7. The number of benzene rings is 1. The summed E-state index contributed by atoms with van der Waals surface area (Å²) in [5.74, 6) is 0. The Morgan fingerprint density at radius 1 is 1.21 bits per heavy atom. The quantitative estimate of drug-likeness (QED) is 0.851. The molecule has 1 saturated heterocycles. The van der Waals surface area contributed by atoms with Crippen molar-refractivity contribution in [2.45, 2.75) is 18.7 Å². The number of aryl methyl sites for hydroxylation is 2. The molecule has 2 rings (SSSR count). The van der Waals surface area contributed by atoms with Crippen molar-refractivity contribution >= 4 is 16.1 Å². The van der Waals surface area contributed by atoms with E-state index in [2.05, 4.69) is 9.62 Å². The number of ether oxygens (including phenoxy) is 1. The lowest BCUT2D eigenvalue weighted by atomic mass is 10.2. The molecule has 0 spiro atoms. The Labute approximate surface area is 143 Å². The second kappa shape index (κ2) is 7.96. The SMILES string of the molecule is COC(=O)N1CCN(CCNS(=O)(=O)c2cc(C)ccc2C)CC1. The third-order valence-corrected chi connectivity index (χ3v) is 5.76. The molecule has 1 aliphatic heterocycles. The Balaban J connectivity index is 1.84. The van der Waals surface area contributed by atoms with Crippen molar-refractivity contribution in [1.29, 1.82) is 0 Å². The maximum Gasteiger partial charge on any atom is 0.409 e. The van der Waals surface area contributed by atoms with E-state index in [-0.39, 0.29) is 6.09 Å². The van der Waals surface area contributed by atoms with Crippen LogP contribution in [0.1, 0.15) is 11.1 Å². The van der Waals surface area contributed by atoms with Crippen molar-refractivity contribution in [1.82, 2.24) is 14.5 Å². The molecule has 0 radical (unpaired) electrons. The summed E-state index contributed by atoms with van der Waals surface area (Å²) in [5, 5.41) is 0. The molecule has 7 nitrogen and oxygen atoms in total. The van der Waals surface area contributed by atoms with Gasteiger partial charge < -0.3 is 9.64 Å². The maximum atomic E-state index is 12.4. The number of methoxy groups -OCH3 is 1. The van der Waals surface area contributed by atoms with Gasteiger partial charge in [0.1, 0.15) is 0 Å². The highest BCUT2D eigenvalue weighted by Crippen LogP contribution is 2.16. The van der Waals surface area contributed by atoms with Gasteiger partial charge >= 0.3 is 6.09 Å². The number of carbonyl (C=O) groups excluding carboxylic acids is 1. The predicted molar refractivity (Wildman–Crippen MR) is 91.5 cm³/mol. The number of amides is 1. The third-order valence-electron chi connectivity index (χ3n) is 4.16. The first-order chi connectivity index (χ1) is 11.3. The summed E-state index contributed by atoms with van der Waals surface area (Å²) in [4.78, 5) is 15.5. The lowest BCUT2D eigenvalue weighted by Gasteiger charge is -2.33. The average Bonchev–Trinajstić information content (AvgIpc) is 2.56. The van der Waals surface area contributed by atoms with E-state index in [1.165, 1.54) is 7.11 Å². The van der Waals surface area contributed by atoms with Crippen LogP contribution >= 0.6 is 0 Å². The van der Waals surface area contributed by atoms with Crippen LogP contribution in [-0.4, -0.2) is 70.7 Å². The van der Waals surface area contributed by atoms with Crippen molar-refractivity contribution in [3.8, 4) is 0 Å². The fourth-order valence-corrected chi connectivity index (χ4v) is 4.04. The number of rotatable bonds is 5. The molecule has 1 aliphatic rings. The number of carbonyl (C=O) groups is 1. The second-order valence-corrected chi connectivity index (χ2v) is 7.70. The average molecular weight is 355 g/mol. The van der Waals surface area contributed by atoms with Crippen molar-refractivity contribution in [3.05, 3.63) is 29.3 Å². The minimum Gasteiger partial charge on any atom is -0.453 e. The zero-order chi connectivity index (χ0) is 17.7. The van der Waals surface area contributed by atoms with Crippen LogP contribution < -0.4 is 4.72 Å². The van der Waals surface area contributed by atoms with Crippen molar-refractivity contribution < 1.29 is 17.9 Å². The fourth-order valence-electron chi connectivity index (χ4n) is 2.70. The molecule has 0 aliphatic carbocycles. The van der Waals surface area contributed by atoms with Crippen LogP contribution in [0.15, 0.2) is 23.1 Å². The van der Waals surface area contributed by atoms with Gasteiger partial charge in [0.15, 0.2) is 0 Å². The van der Waals surface area contributed by atoms with Crippen LogP contribution in [0.25, 0.3) is 0 Å². The summed E-state index contributed by atoms with van der Waals surface area (Å²) in [7, 11) is -2.13.